The number of benzene rings is 2. The average molecular weight is 320 g/mol. The van der Waals surface area contributed by atoms with Gasteiger partial charge in [0, 0.05) is 16.8 Å². The van der Waals surface area contributed by atoms with Crippen LogP contribution in [0.1, 0.15) is 5.56 Å². The number of carbonyl (C=O) groups excluding carboxylic acids is 1. The van der Waals surface area contributed by atoms with Crippen molar-refractivity contribution in [2.24, 2.45) is 0 Å². The van der Waals surface area contributed by atoms with Crippen LogP contribution < -0.4 is 10.4 Å². The van der Waals surface area contributed by atoms with E-state index in [2.05, 4.69) is 0 Å². The first-order chi connectivity index (χ1) is 11.7. The summed E-state index contributed by atoms with van der Waals surface area (Å²) in [6, 6.07) is 15.8. The van der Waals surface area contributed by atoms with Gasteiger partial charge in [0.1, 0.15) is 0 Å². The summed E-state index contributed by atoms with van der Waals surface area (Å²) in [4.78, 5) is 23.8. The maximum Gasteiger partial charge on any atom is 0.336 e. The van der Waals surface area contributed by atoms with Crippen molar-refractivity contribution in [3.05, 3.63) is 76.8 Å². The number of rotatable bonds is 3. The van der Waals surface area contributed by atoms with Crippen LogP contribution in [0.25, 0.3) is 21.9 Å². The Balaban J connectivity index is 1.78. The molecule has 4 rings (SSSR count). The van der Waals surface area contributed by atoms with E-state index < -0.39 is 11.6 Å². The van der Waals surface area contributed by atoms with E-state index in [-0.39, 0.29) is 17.8 Å². The highest BCUT2D eigenvalue weighted by atomic mass is 16.5. The molecule has 4 aromatic rings. The van der Waals surface area contributed by atoms with Gasteiger partial charge in [0.15, 0.2) is 11.2 Å². The fourth-order valence-electron chi connectivity index (χ4n) is 2.61. The smallest absolute Gasteiger partial charge is 0.336 e. The molecule has 0 amide bonds. The lowest BCUT2D eigenvalue weighted by molar-refractivity contribution is -0.133. The molecule has 0 N–H and O–H groups in total. The monoisotopic (exact) mass is 320 g/mol. The molecule has 0 bridgehead atoms. The zero-order chi connectivity index (χ0) is 16.5. The summed E-state index contributed by atoms with van der Waals surface area (Å²) in [5.41, 5.74) is 0.887. The van der Waals surface area contributed by atoms with Gasteiger partial charge in [-0.3, -0.25) is 4.79 Å². The molecule has 2 heterocycles. The van der Waals surface area contributed by atoms with E-state index in [0.29, 0.717) is 11.0 Å². The normalized spacial score (nSPS) is 11.0. The third-order valence-electron chi connectivity index (χ3n) is 3.69. The van der Waals surface area contributed by atoms with Crippen molar-refractivity contribution in [1.82, 2.24) is 0 Å². The first kappa shape index (κ1) is 14.3. The number of fused-ring (bicyclic) bond motifs is 2. The molecule has 0 saturated carbocycles. The molecule has 0 aliphatic carbocycles. The van der Waals surface area contributed by atoms with Crippen molar-refractivity contribution in [3.63, 3.8) is 0 Å². The Morgan fingerprint density at radius 2 is 1.75 bits per heavy atom. The van der Waals surface area contributed by atoms with Crippen molar-refractivity contribution in [2.45, 2.75) is 6.42 Å². The topological polar surface area (TPSA) is 69.7 Å². The van der Waals surface area contributed by atoms with Gasteiger partial charge in [0.2, 0.25) is 5.75 Å². The summed E-state index contributed by atoms with van der Waals surface area (Å²) in [7, 11) is 0. The molecule has 5 nitrogen and oxygen atoms in total. The average Bonchev–Trinajstić information content (AvgIpc) is 3.04. The Morgan fingerprint density at radius 1 is 0.958 bits per heavy atom. The van der Waals surface area contributed by atoms with E-state index in [0.717, 1.165) is 10.9 Å². The highest BCUT2D eigenvalue weighted by molar-refractivity contribution is 6.01. The van der Waals surface area contributed by atoms with Crippen LogP contribution in [-0.2, 0) is 11.2 Å². The maximum absolute atomic E-state index is 12.3. The summed E-state index contributed by atoms with van der Waals surface area (Å²) in [5.74, 6) is -0.330. The molecule has 24 heavy (non-hydrogen) atoms. The van der Waals surface area contributed by atoms with E-state index in [1.165, 1.54) is 12.3 Å². The Labute approximate surface area is 136 Å². The highest BCUT2D eigenvalue weighted by Crippen LogP contribution is 2.35. The van der Waals surface area contributed by atoms with E-state index in [1.54, 1.807) is 12.1 Å². The number of hydrogen-bond donors (Lipinski definition) is 0. The SMILES string of the molecule is O=C(Cc1ccccc1)Oc1c2occc2cc2ccc(=O)oc12. The molecule has 5 heteroatoms. The first-order valence-electron chi connectivity index (χ1n) is 7.39. The summed E-state index contributed by atoms with van der Waals surface area (Å²) in [6.45, 7) is 0. The van der Waals surface area contributed by atoms with E-state index in [4.69, 9.17) is 13.6 Å². The summed E-state index contributed by atoms with van der Waals surface area (Å²) in [6.07, 6.45) is 1.60. The van der Waals surface area contributed by atoms with Gasteiger partial charge < -0.3 is 13.6 Å². The number of ether oxygens (including phenoxy) is 1. The van der Waals surface area contributed by atoms with Crippen LogP contribution in [0, 0.1) is 0 Å². The van der Waals surface area contributed by atoms with Gasteiger partial charge in [-0.25, -0.2) is 4.79 Å². The minimum absolute atomic E-state index is 0.108. The Kier molecular flexibility index (Phi) is 3.39. The Morgan fingerprint density at radius 3 is 2.58 bits per heavy atom. The molecular weight excluding hydrogens is 308 g/mol. The standard InChI is InChI=1S/C19H12O5/c20-15-7-6-13-11-14-8-9-22-17(14)19(18(13)23-15)24-16(21)10-12-4-2-1-3-5-12/h1-9,11H,10H2. The summed E-state index contributed by atoms with van der Waals surface area (Å²) >= 11 is 0. The Bertz CT molecular complexity index is 1090. The van der Waals surface area contributed by atoms with Crippen LogP contribution in [0.15, 0.2) is 74.5 Å². The van der Waals surface area contributed by atoms with Crippen molar-refractivity contribution < 1.29 is 18.4 Å². The molecule has 0 saturated heterocycles. The van der Waals surface area contributed by atoms with Gasteiger partial charge in [-0.05, 0) is 23.8 Å². The lowest BCUT2D eigenvalue weighted by atomic mass is 10.1. The van der Waals surface area contributed by atoms with Crippen LogP contribution in [0.5, 0.6) is 5.75 Å². The predicted octanol–water partition coefficient (Wildman–Crippen LogP) is 3.69. The first-order valence-corrected chi connectivity index (χ1v) is 7.39. The highest BCUT2D eigenvalue weighted by Gasteiger charge is 2.18. The lowest BCUT2D eigenvalue weighted by Gasteiger charge is -2.07. The number of carbonyl (C=O) groups is 1. The predicted molar refractivity (Wildman–Crippen MR) is 88.0 cm³/mol. The largest absolute Gasteiger partial charge is 0.460 e. The summed E-state index contributed by atoms with van der Waals surface area (Å²) in [5, 5.41) is 1.42. The number of furan rings is 1. The molecule has 2 aromatic heterocycles. The van der Waals surface area contributed by atoms with Crippen molar-refractivity contribution >= 4 is 27.9 Å². The maximum atomic E-state index is 12.3. The second-order valence-corrected chi connectivity index (χ2v) is 5.35. The van der Waals surface area contributed by atoms with Gasteiger partial charge >= 0.3 is 11.6 Å². The Hall–Kier alpha value is -3.34. The van der Waals surface area contributed by atoms with Gasteiger partial charge in [-0.2, -0.15) is 0 Å². The van der Waals surface area contributed by atoms with Crippen LogP contribution in [0.2, 0.25) is 0 Å². The molecule has 118 valence electrons. The quantitative estimate of drug-likeness (QED) is 0.327. The zero-order valence-electron chi connectivity index (χ0n) is 12.5. The minimum Gasteiger partial charge on any atom is -0.460 e. The van der Waals surface area contributed by atoms with Crippen LogP contribution in [0.4, 0.5) is 0 Å². The van der Waals surface area contributed by atoms with Crippen molar-refractivity contribution in [3.8, 4) is 5.75 Å². The molecule has 2 aromatic carbocycles. The second-order valence-electron chi connectivity index (χ2n) is 5.35. The van der Waals surface area contributed by atoms with E-state index >= 15 is 0 Å². The summed E-state index contributed by atoms with van der Waals surface area (Å²) < 4.78 is 16.1. The van der Waals surface area contributed by atoms with Crippen molar-refractivity contribution in [1.29, 1.82) is 0 Å². The van der Waals surface area contributed by atoms with Gasteiger partial charge in [0.25, 0.3) is 0 Å². The zero-order valence-corrected chi connectivity index (χ0v) is 12.5. The third-order valence-corrected chi connectivity index (χ3v) is 3.69. The van der Waals surface area contributed by atoms with E-state index in [1.807, 2.05) is 36.4 Å². The van der Waals surface area contributed by atoms with E-state index in [9.17, 15) is 9.59 Å². The minimum atomic E-state index is -0.520. The molecule has 0 aliphatic rings. The van der Waals surface area contributed by atoms with Gasteiger partial charge in [-0.1, -0.05) is 30.3 Å². The second kappa shape index (κ2) is 5.70. The number of esters is 1. The van der Waals surface area contributed by atoms with Gasteiger partial charge in [-0.15, -0.1) is 0 Å². The molecule has 0 spiro atoms. The lowest BCUT2D eigenvalue weighted by Crippen LogP contribution is -2.12. The molecule has 0 fully saturated rings. The van der Waals surface area contributed by atoms with Crippen molar-refractivity contribution in [2.75, 3.05) is 0 Å². The van der Waals surface area contributed by atoms with Gasteiger partial charge in [0.05, 0.1) is 12.7 Å². The molecule has 0 aliphatic heterocycles. The van der Waals surface area contributed by atoms with Crippen LogP contribution in [-0.4, -0.2) is 5.97 Å². The third kappa shape index (κ3) is 2.56. The molecular formula is C19H12O5. The molecule has 0 unspecified atom stereocenters. The molecule has 0 atom stereocenters. The fourth-order valence-corrected chi connectivity index (χ4v) is 2.61. The number of hydrogen-bond acceptors (Lipinski definition) is 5. The van der Waals surface area contributed by atoms with Crippen LogP contribution >= 0.6 is 0 Å². The molecule has 0 radical (unpaired) electrons. The fraction of sp³-hybridized carbons (Fsp3) is 0.0526. The van der Waals surface area contributed by atoms with Crippen LogP contribution in [0.3, 0.4) is 0 Å².